The molecular weight excluding hydrogens is 398 g/mol. The third-order valence-electron chi connectivity index (χ3n) is 4.99. The van der Waals surface area contributed by atoms with Crippen molar-refractivity contribution in [2.45, 2.75) is 12.8 Å². The van der Waals surface area contributed by atoms with E-state index in [9.17, 15) is 24.8 Å². The number of hydrogen-bond donors (Lipinski definition) is 1. The van der Waals surface area contributed by atoms with E-state index in [-0.39, 0.29) is 29.7 Å². The highest BCUT2D eigenvalue weighted by molar-refractivity contribution is 6.03. The second kappa shape index (κ2) is 8.19. The molecular formula is C23H17N3O5. The average Bonchev–Trinajstić information content (AvgIpc) is 2.79. The van der Waals surface area contributed by atoms with Crippen LogP contribution in [0.4, 0.5) is 5.69 Å². The molecule has 0 aliphatic carbocycles. The second-order valence-electron chi connectivity index (χ2n) is 6.92. The fraction of sp³-hybridized carbons (Fsp3) is 0.0870. The molecule has 8 heteroatoms. The number of pyridine rings is 2. The van der Waals surface area contributed by atoms with Gasteiger partial charge >= 0.3 is 0 Å². The number of carbonyl (C=O) groups excluding carboxylic acids is 1. The van der Waals surface area contributed by atoms with E-state index in [1.807, 2.05) is 0 Å². The number of aryl methyl sites for hydroxylation is 1. The van der Waals surface area contributed by atoms with Crippen LogP contribution >= 0.6 is 0 Å². The molecule has 4 aromatic rings. The molecule has 2 aromatic carbocycles. The van der Waals surface area contributed by atoms with Gasteiger partial charge in [-0.05, 0) is 36.2 Å². The number of para-hydroxylation sites is 1. The zero-order valence-corrected chi connectivity index (χ0v) is 16.3. The largest absolute Gasteiger partial charge is 0.506 e. The number of aromatic hydroxyl groups is 1. The maximum Gasteiger partial charge on any atom is 0.271 e. The second-order valence-corrected chi connectivity index (χ2v) is 6.92. The molecule has 2 aromatic heterocycles. The van der Waals surface area contributed by atoms with Gasteiger partial charge in [0.1, 0.15) is 11.3 Å². The van der Waals surface area contributed by atoms with Crippen LogP contribution in [0.1, 0.15) is 22.3 Å². The Morgan fingerprint density at radius 1 is 1.03 bits per heavy atom. The first-order valence-corrected chi connectivity index (χ1v) is 9.52. The fourth-order valence-electron chi connectivity index (χ4n) is 3.44. The van der Waals surface area contributed by atoms with Gasteiger partial charge in [0.05, 0.1) is 16.0 Å². The van der Waals surface area contributed by atoms with E-state index in [2.05, 4.69) is 4.98 Å². The maximum atomic E-state index is 13.2. The third-order valence-corrected chi connectivity index (χ3v) is 4.99. The number of non-ortho nitro benzene ring substituents is 1. The monoisotopic (exact) mass is 415 g/mol. The normalized spacial score (nSPS) is 10.8. The molecule has 0 atom stereocenters. The van der Waals surface area contributed by atoms with Gasteiger partial charge in [-0.15, -0.1) is 0 Å². The molecule has 31 heavy (non-hydrogen) atoms. The Labute approximate surface area is 176 Å². The lowest BCUT2D eigenvalue weighted by atomic mass is 10.0. The first kappa shape index (κ1) is 20.0. The Bertz CT molecular complexity index is 1350. The van der Waals surface area contributed by atoms with E-state index in [1.165, 1.54) is 22.9 Å². The van der Waals surface area contributed by atoms with Gasteiger partial charge in [-0.25, -0.2) is 4.98 Å². The third kappa shape index (κ3) is 3.78. The lowest BCUT2D eigenvalue weighted by molar-refractivity contribution is -0.384. The van der Waals surface area contributed by atoms with Gasteiger partial charge < -0.3 is 5.11 Å². The predicted molar refractivity (Wildman–Crippen MR) is 115 cm³/mol. The Balaban J connectivity index is 1.74. The number of nitrogens with zero attached hydrogens (tertiary/aromatic N) is 3. The van der Waals surface area contributed by atoms with Crippen molar-refractivity contribution < 1.29 is 14.8 Å². The molecule has 0 amide bonds. The summed E-state index contributed by atoms with van der Waals surface area (Å²) >= 11 is 0. The summed E-state index contributed by atoms with van der Waals surface area (Å²) in [5.41, 5.74) is 0.503. The standard InChI is InChI=1S/C23H17N3O5/c27-19(13-10-15-8-11-17(12-9-15)26(30)31)20-21(28)18-7-4-14-24-22(18)25(23(20)29)16-5-2-1-3-6-16/h1-9,11-12,14,28H,10,13H2. The maximum absolute atomic E-state index is 13.2. The molecule has 0 radical (unpaired) electrons. The summed E-state index contributed by atoms with van der Waals surface area (Å²) in [6.45, 7) is 0. The van der Waals surface area contributed by atoms with E-state index >= 15 is 0 Å². The van der Waals surface area contributed by atoms with Crippen LogP contribution in [0.25, 0.3) is 16.7 Å². The Hall–Kier alpha value is -4.33. The van der Waals surface area contributed by atoms with Crippen LogP contribution in [0, 0.1) is 10.1 Å². The zero-order chi connectivity index (χ0) is 22.0. The minimum Gasteiger partial charge on any atom is -0.506 e. The summed E-state index contributed by atoms with van der Waals surface area (Å²) in [5.74, 6) is -0.912. The summed E-state index contributed by atoms with van der Waals surface area (Å²) in [4.78, 5) is 40.7. The van der Waals surface area contributed by atoms with Crippen LogP contribution in [-0.4, -0.2) is 25.4 Å². The number of aromatic nitrogens is 2. The summed E-state index contributed by atoms with van der Waals surface area (Å²) in [6, 6.07) is 17.9. The summed E-state index contributed by atoms with van der Waals surface area (Å²) in [7, 11) is 0. The number of fused-ring (bicyclic) bond motifs is 1. The lowest BCUT2D eigenvalue weighted by Crippen LogP contribution is -2.26. The van der Waals surface area contributed by atoms with Gasteiger partial charge in [-0.1, -0.05) is 30.3 Å². The number of nitro groups is 1. The molecule has 0 fully saturated rings. The van der Waals surface area contributed by atoms with Gasteiger partial charge in [-0.3, -0.25) is 24.3 Å². The van der Waals surface area contributed by atoms with Crippen LogP contribution in [0.2, 0.25) is 0 Å². The molecule has 0 unspecified atom stereocenters. The van der Waals surface area contributed by atoms with Crippen molar-refractivity contribution in [2.24, 2.45) is 0 Å². The summed E-state index contributed by atoms with van der Waals surface area (Å²) < 4.78 is 1.31. The molecule has 0 bridgehead atoms. The number of hydrogen-bond acceptors (Lipinski definition) is 6. The van der Waals surface area contributed by atoms with Crippen molar-refractivity contribution in [1.82, 2.24) is 9.55 Å². The van der Waals surface area contributed by atoms with Crippen LogP contribution in [-0.2, 0) is 6.42 Å². The predicted octanol–water partition coefficient (Wildman–Crippen LogP) is 3.82. The minimum atomic E-state index is -0.649. The van der Waals surface area contributed by atoms with Gasteiger partial charge in [-0.2, -0.15) is 0 Å². The fourth-order valence-corrected chi connectivity index (χ4v) is 3.44. The molecule has 0 aliphatic rings. The average molecular weight is 415 g/mol. The Morgan fingerprint density at radius 3 is 2.42 bits per heavy atom. The first-order valence-electron chi connectivity index (χ1n) is 9.52. The van der Waals surface area contributed by atoms with Crippen molar-refractivity contribution in [1.29, 1.82) is 0 Å². The summed E-state index contributed by atoms with van der Waals surface area (Å²) in [5, 5.41) is 21.8. The smallest absolute Gasteiger partial charge is 0.271 e. The van der Waals surface area contributed by atoms with Crippen LogP contribution in [0.15, 0.2) is 77.7 Å². The molecule has 0 saturated heterocycles. The van der Waals surface area contributed by atoms with Crippen molar-refractivity contribution in [3.63, 3.8) is 0 Å². The number of rotatable bonds is 6. The SMILES string of the molecule is O=C(CCc1ccc([N+](=O)[O-])cc1)c1c(O)c2cccnc2n(-c2ccccc2)c1=O. The van der Waals surface area contributed by atoms with E-state index in [0.29, 0.717) is 16.6 Å². The first-order chi connectivity index (χ1) is 15.0. The molecule has 0 aliphatic heterocycles. The van der Waals surface area contributed by atoms with Gasteiger partial charge in [0.15, 0.2) is 11.4 Å². The summed E-state index contributed by atoms with van der Waals surface area (Å²) in [6.07, 6.45) is 1.74. The van der Waals surface area contributed by atoms with E-state index in [1.54, 1.807) is 54.6 Å². The molecule has 0 spiro atoms. The van der Waals surface area contributed by atoms with Crippen LogP contribution < -0.4 is 5.56 Å². The zero-order valence-electron chi connectivity index (χ0n) is 16.3. The van der Waals surface area contributed by atoms with E-state index in [0.717, 1.165) is 0 Å². The Kier molecular flexibility index (Phi) is 5.28. The minimum absolute atomic E-state index is 0.0405. The van der Waals surface area contributed by atoms with E-state index in [4.69, 9.17) is 0 Å². The van der Waals surface area contributed by atoms with Crippen molar-refractivity contribution >= 4 is 22.5 Å². The lowest BCUT2D eigenvalue weighted by Gasteiger charge is -2.13. The van der Waals surface area contributed by atoms with Crippen LogP contribution in [0.3, 0.4) is 0 Å². The van der Waals surface area contributed by atoms with Crippen molar-refractivity contribution in [3.05, 3.63) is 105 Å². The van der Waals surface area contributed by atoms with Gasteiger partial charge in [0.25, 0.3) is 11.2 Å². The molecule has 0 saturated carbocycles. The molecule has 2 heterocycles. The van der Waals surface area contributed by atoms with Crippen LogP contribution in [0.5, 0.6) is 5.75 Å². The van der Waals surface area contributed by atoms with E-state index < -0.39 is 22.0 Å². The van der Waals surface area contributed by atoms with Gasteiger partial charge in [0, 0.05) is 24.8 Å². The highest BCUT2D eigenvalue weighted by Crippen LogP contribution is 2.27. The molecule has 1 N–H and O–H groups in total. The van der Waals surface area contributed by atoms with Crippen molar-refractivity contribution in [2.75, 3.05) is 0 Å². The highest BCUT2D eigenvalue weighted by Gasteiger charge is 2.23. The number of benzene rings is 2. The number of Topliss-reactive ketones (excluding diaryl/α,β-unsaturated/α-hetero) is 1. The number of nitro benzene ring substituents is 1. The quantitative estimate of drug-likeness (QED) is 0.291. The number of ketones is 1. The highest BCUT2D eigenvalue weighted by atomic mass is 16.6. The number of carbonyl (C=O) groups is 1. The molecule has 4 rings (SSSR count). The molecule has 8 nitrogen and oxygen atoms in total. The Morgan fingerprint density at radius 2 is 1.74 bits per heavy atom. The van der Waals surface area contributed by atoms with Crippen molar-refractivity contribution in [3.8, 4) is 11.4 Å². The topological polar surface area (TPSA) is 115 Å². The van der Waals surface area contributed by atoms with Gasteiger partial charge in [0.2, 0.25) is 0 Å². The molecule has 154 valence electrons.